The van der Waals surface area contributed by atoms with E-state index in [4.69, 9.17) is 0 Å². The number of rotatable bonds is 3. The highest BCUT2D eigenvalue weighted by Gasteiger charge is 2.15. The molecule has 0 fully saturated rings. The Labute approximate surface area is 136 Å². The molecule has 1 aliphatic heterocycles. The minimum Gasteiger partial charge on any atom is -0.324 e. The van der Waals surface area contributed by atoms with Crippen LogP contribution in [0, 0.1) is 5.82 Å². The summed E-state index contributed by atoms with van der Waals surface area (Å²) in [6.07, 6.45) is 2.87. The molecule has 4 nitrogen and oxygen atoms in total. The lowest BCUT2D eigenvalue weighted by Gasteiger charge is -2.17. The Morgan fingerprint density at radius 1 is 1.26 bits per heavy atom. The summed E-state index contributed by atoms with van der Waals surface area (Å²) in [5.74, 6) is -0.341. The Bertz CT molecular complexity index is 805. The van der Waals surface area contributed by atoms with E-state index in [1.165, 1.54) is 36.0 Å². The third kappa shape index (κ3) is 3.98. The largest absolute Gasteiger partial charge is 0.324 e. The van der Waals surface area contributed by atoms with E-state index in [1.54, 1.807) is 24.3 Å². The highest BCUT2D eigenvalue weighted by Crippen LogP contribution is 2.33. The Morgan fingerprint density at radius 3 is 2.96 bits per heavy atom. The van der Waals surface area contributed by atoms with E-state index >= 15 is 0 Å². The summed E-state index contributed by atoms with van der Waals surface area (Å²) in [5.41, 5.74) is 1.88. The molecule has 2 N–H and O–H groups in total. The van der Waals surface area contributed by atoms with Crippen LogP contribution in [0.3, 0.4) is 0 Å². The van der Waals surface area contributed by atoms with E-state index in [9.17, 15) is 14.0 Å². The molecule has 0 bridgehead atoms. The summed E-state index contributed by atoms with van der Waals surface area (Å²) in [5, 5.41) is 5.48. The van der Waals surface area contributed by atoms with Crippen LogP contribution >= 0.6 is 11.8 Å². The van der Waals surface area contributed by atoms with Crippen molar-refractivity contribution in [2.45, 2.75) is 4.90 Å². The SMILES string of the molecule is O=C(/C=C/c1cccc(F)c1)Nc1ccc2c(c1)NC(=O)CS2. The summed E-state index contributed by atoms with van der Waals surface area (Å²) >= 11 is 1.46. The minimum atomic E-state index is -0.351. The maximum absolute atomic E-state index is 13.1. The van der Waals surface area contributed by atoms with Crippen LogP contribution in [-0.4, -0.2) is 17.6 Å². The topological polar surface area (TPSA) is 58.2 Å². The number of amides is 2. The molecule has 1 heterocycles. The molecule has 23 heavy (non-hydrogen) atoms. The molecule has 2 aromatic carbocycles. The van der Waals surface area contributed by atoms with Gasteiger partial charge in [-0.15, -0.1) is 11.8 Å². The van der Waals surface area contributed by atoms with Gasteiger partial charge in [-0.25, -0.2) is 4.39 Å². The van der Waals surface area contributed by atoms with Gasteiger partial charge < -0.3 is 10.6 Å². The van der Waals surface area contributed by atoms with Gasteiger partial charge in [0.1, 0.15) is 5.82 Å². The smallest absolute Gasteiger partial charge is 0.248 e. The third-order valence-electron chi connectivity index (χ3n) is 3.16. The molecule has 0 aliphatic carbocycles. The van der Waals surface area contributed by atoms with Crippen molar-refractivity contribution < 1.29 is 14.0 Å². The molecule has 116 valence electrons. The summed E-state index contributed by atoms with van der Waals surface area (Å²) in [6, 6.07) is 11.3. The van der Waals surface area contributed by atoms with Gasteiger partial charge in [0.05, 0.1) is 11.4 Å². The number of anilines is 2. The number of fused-ring (bicyclic) bond motifs is 1. The number of hydrogen-bond donors (Lipinski definition) is 2. The number of halogens is 1. The van der Waals surface area contributed by atoms with Crippen LogP contribution in [0.5, 0.6) is 0 Å². The van der Waals surface area contributed by atoms with Crippen molar-refractivity contribution in [3.63, 3.8) is 0 Å². The van der Waals surface area contributed by atoms with Gasteiger partial charge in [-0.05, 0) is 42.0 Å². The van der Waals surface area contributed by atoms with Crippen LogP contribution in [0.2, 0.25) is 0 Å². The average Bonchev–Trinajstić information content (AvgIpc) is 2.53. The monoisotopic (exact) mass is 328 g/mol. The van der Waals surface area contributed by atoms with E-state index < -0.39 is 0 Å². The summed E-state index contributed by atoms with van der Waals surface area (Å²) < 4.78 is 13.1. The fourth-order valence-corrected chi connectivity index (χ4v) is 2.92. The standard InChI is InChI=1S/C17H13FN2O2S/c18-12-3-1-2-11(8-12)4-7-16(21)19-13-5-6-15-14(9-13)20-17(22)10-23-15/h1-9H,10H2,(H,19,21)(H,20,22)/b7-4+. The molecule has 0 aromatic heterocycles. The van der Waals surface area contributed by atoms with Crippen molar-refractivity contribution in [3.05, 3.63) is 59.9 Å². The molecule has 0 radical (unpaired) electrons. The molecule has 6 heteroatoms. The van der Waals surface area contributed by atoms with Crippen LogP contribution < -0.4 is 10.6 Å². The highest BCUT2D eigenvalue weighted by molar-refractivity contribution is 8.00. The van der Waals surface area contributed by atoms with Crippen molar-refractivity contribution in [2.75, 3.05) is 16.4 Å². The minimum absolute atomic E-state index is 0.0584. The van der Waals surface area contributed by atoms with Gasteiger partial charge >= 0.3 is 0 Å². The number of carbonyl (C=O) groups is 2. The molecule has 0 spiro atoms. The second kappa shape index (κ2) is 6.66. The van der Waals surface area contributed by atoms with E-state index in [0.29, 0.717) is 22.7 Å². The number of benzene rings is 2. The number of nitrogens with one attached hydrogen (secondary N) is 2. The average molecular weight is 328 g/mol. The molecule has 2 amide bonds. The Hall–Kier alpha value is -2.60. The van der Waals surface area contributed by atoms with Gasteiger partial charge in [0.2, 0.25) is 11.8 Å². The Balaban J connectivity index is 1.68. The van der Waals surface area contributed by atoms with Crippen molar-refractivity contribution in [1.29, 1.82) is 0 Å². The lowest BCUT2D eigenvalue weighted by Crippen LogP contribution is -2.19. The summed E-state index contributed by atoms with van der Waals surface area (Å²) in [6.45, 7) is 0. The molecule has 3 rings (SSSR count). The predicted molar refractivity (Wildman–Crippen MR) is 89.9 cm³/mol. The van der Waals surface area contributed by atoms with Gasteiger partial charge in [0.25, 0.3) is 0 Å². The van der Waals surface area contributed by atoms with E-state index in [-0.39, 0.29) is 17.6 Å². The second-order valence-electron chi connectivity index (χ2n) is 4.93. The summed E-state index contributed by atoms with van der Waals surface area (Å²) in [7, 11) is 0. The van der Waals surface area contributed by atoms with Crippen LogP contribution in [0.15, 0.2) is 53.4 Å². The first kappa shape index (κ1) is 15.3. The highest BCUT2D eigenvalue weighted by atomic mass is 32.2. The Kier molecular flexibility index (Phi) is 4.43. The molecule has 1 aliphatic rings. The zero-order valence-corrected chi connectivity index (χ0v) is 12.8. The number of thioether (sulfide) groups is 1. The van der Waals surface area contributed by atoms with Crippen molar-refractivity contribution in [3.8, 4) is 0 Å². The van der Waals surface area contributed by atoms with Crippen LogP contribution in [0.4, 0.5) is 15.8 Å². The molecule has 0 saturated carbocycles. The fraction of sp³-hybridized carbons (Fsp3) is 0.0588. The lowest BCUT2D eigenvalue weighted by atomic mass is 10.2. The third-order valence-corrected chi connectivity index (χ3v) is 4.23. The summed E-state index contributed by atoms with van der Waals surface area (Å²) in [4.78, 5) is 24.3. The van der Waals surface area contributed by atoms with Crippen molar-refractivity contribution in [2.24, 2.45) is 0 Å². The van der Waals surface area contributed by atoms with Gasteiger partial charge in [0, 0.05) is 16.7 Å². The van der Waals surface area contributed by atoms with Crippen LogP contribution in [0.25, 0.3) is 6.08 Å². The number of carbonyl (C=O) groups excluding carboxylic acids is 2. The Morgan fingerprint density at radius 2 is 2.13 bits per heavy atom. The molecule has 0 atom stereocenters. The molecular formula is C17H13FN2O2S. The van der Waals surface area contributed by atoms with Crippen molar-refractivity contribution >= 4 is 41.0 Å². The van der Waals surface area contributed by atoms with Crippen LogP contribution in [-0.2, 0) is 9.59 Å². The normalized spacial score (nSPS) is 13.5. The van der Waals surface area contributed by atoms with Crippen molar-refractivity contribution in [1.82, 2.24) is 0 Å². The molecular weight excluding hydrogens is 315 g/mol. The van der Waals surface area contributed by atoms with Gasteiger partial charge in [-0.2, -0.15) is 0 Å². The lowest BCUT2D eigenvalue weighted by molar-refractivity contribution is -0.114. The zero-order chi connectivity index (χ0) is 16.2. The molecule has 2 aromatic rings. The van der Waals surface area contributed by atoms with Gasteiger partial charge in [-0.3, -0.25) is 9.59 Å². The predicted octanol–water partition coefficient (Wildman–Crippen LogP) is 3.52. The zero-order valence-electron chi connectivity index (χ0n) is 12.0. The van der Waals surface area contributed by atoms with E-state index in [1.807, 2.05) is 6.07 Å². The second-order valence-corrected chi connectivity index (χ2v) is 5.94. The van der Waals surface area contributed by atoms with E-state index in [2.05, 4.69) is 10.6 Å². The maximum atomic E-state index is 13.1. The van der Waals surface area contributed by atoms with Crippen LogP contribution in [0.1, 0.15) is 5.56 Å². The first-order chi connectivity index (χ1) is 11.1. The number of hydrogen-bond acceptors (Lipinski definition) is 3. The molecule has 0 saturated heterocycles. The maximum Gasteiger partial charge on any atom is 0.248 e. The van der Waals surface area contributed by atoms with Gasteiger partial charge in [-0.1, -0.05) is 12.1 Å². The fourth-order valence-electron chi connectivity index (χ4n) is 2.13. The first-order valence-corrected chi connectivity index (χ1v) is 7.90. The van der Waals surface area contributed by atoms with E-state index in [0.717, 1.165) is 4.90 Å². The quantitative estimate of drug-likeness (QED) is 0.848. The molecule has 0 unspecified atom stereocenters. The first-order valence-electron chi connectivity index (χ1n) is 6.91. The van der Waals surface area contributed by atoms with Gasteiger partial charge in [0.15, 0.2) is 0 Å².